The fourth-order valence-corrected chi connectivity index (χ4v) is 4.22. The molecule has 0 aromatic heterocycles. The van der Waals surface area contributed by atoms with Gasteiger partial charge in [-0.1, -0.05) is 0 Å². The van der Waals surface area contributed by atoms with E-state index < -0.39 is 0 Å². The lowest BCUT2D eigenvalue weighted by Gasteiger charge is -2.44. The third-order valence-electron chi connectivity index (χ3n) is 3.06. The van der Waals surface area contributed by atoms with E-state index in [1.165, 1.54) is 36.7 Å². The van der Waals surface area contributed by atoms with Gasteiger partial charge in [-0.3, -0.25) is 4.57 Å². The van der Waals surface area contributed by atoms with Gasteiger partial charge in [0.25, 0.3) is 0 Å². The largest absolute Gasteiger partial charge is 0.376 e. The summed E-state index contributed by atoms with van der Waals surface area (Å²) in [6, 6.07) is 0. The van der Waals surface area contributed by atoms with Gasteiger partial charge in [0.15, 0.2) is 0 Å². The third kappa shape index (κ3) is 2.04. The molecular weight excluding hydrogens is 152 g/mol. The van der Waals surface area contributed by atoms with Crippen LogP contribution in [0, 0.1) is 0 Å². The molecule has 66 valence electrons. The first-order valence-electron chi connectivity index (χ1n) is 4.76. The zero-order valence-corrected chi connectivity index (χ0v) is 9.55. The average molecular weight is 173 g/mol. The lowest BCUT2D eigenvalue weighted by molar-refractivity contribution is -0.825. The molecule has 11 heavy (non-hydrogen) atoms. The van der Waals surface area contributed by atoms with Crippen molar-refractivity contribution in [3.8, 4) is 0 Å². The zero-order chi connectivity index (χ0) is 8.32. The summed E-state index contributed by atoms with van der Waals surface area (Å²) in [5.41, 5.74) is 0. The van der Waals surface area contributed by atoms with Gasteiger partial charge < -0.3 is 4.15 Å². The Kier molecular flexibility index (Phi) is 3.10. The van der Waals surface area contributed by atoms with Crippen molar-refractivity contribution in [2.75, 3.05) is 33.2 Å². The summed E-state index contributed by atoms with van der Waals surface area (Å²) in [4.78, 5) is 0. The minimum Gasteiger partial charge on any atom is -0.376 e. The van der Waals surface area contributed by atoms with Crippen molar-refractivity contribution in [3.05, 3.63) is 0 Å². The maximum Gasteiger partial charge on any atom is 0.337 e. The maximum absolute atomic E-state index is 2.59. The highest BCUT2D eigenvalue weighted by molar-refractivity contribution is 6.22. The summed E-state index contributed by atoms with van der Waals surface area (Å²) in [5, 5.41) is 0. The van der Waals surface area contributed by atoms with Crippen LogP contribution >= 0.6 is 0 Å². The second-order valence-electron chi connectivity index (χ2n) is 3.77. The maximum atomic E-state index is 2.59. The van der Waals surface area contributed by atoms with Gasteiger partial charge in [-0.05, 0) is 20.9 Å². The highest BCUT2D eigenvalue weighted by Crippen LogP contribution is 2.11. The van der Waals surface area contributed by atoms with Gasteiger partial charge in [-0.2, -0.15) is 0 Å². The molecule has 0 saturated carbocycles. The predicted molar refractivity (Wildman–Crippen MR) is 52.0 cm³/mol. The fourth-order valence-electron chi connectivity index (χ4n) is 2.07. The van der Waals surface area contributed by atoms with E-state index in [4.69, 9.17) is 0 Å². The van der Waals surface area contributed by atoms with Gasteiger partial charge in [0.05, 0.1) is 19.6 Å². The molecule has 1 aliphatic heterocycles. The van der Waals surface area contributed by atoms with E-state index in [2.05, 4.69) is 25.5 Å². The third-order valence-corrected chi connectivity index (χ3v) is 5.67. The van der Waals surface area contributed by atoms with Crippen molar-refractivity contribution >= 4 is 9.84 Å². The molecule has 0 N–H and O–H groups in total. The molecule has 3 heteroatoms. The summed E-state index contributed by atoms with van der Waals surface area (Å²) >= 11 is 0. The van der Waals surface area contributed by atoms with Crippen LogP contribution < -0.4 is 0 Å². The molecule has 0 unspecified atom stereocenters. The molecule has 0 amide bonds. The average Bonchev–Trinajstić information content (AvgIpc) is 2.04. The topological polar surface area (TPSA) is 3.24 Å². The second kappa shape index (κ2) is 3.69. The number of quaternary nitrogens is 1. The molecule has 0 aromatic rings. The minimum absolute atomic E-state index is 0.0108. The molecule has 1 heterocycles. The Balaban J connectivity index is 2.52. The van der Waals surface area contributed by atoms with Crippen molar-refractivity contribution in [2.24, 2.45) is 0 Å². The smallest absolute Gasteiger partial charge is 0.337 e. The number of rotatable bonds is 2. The summed E-state index contributed by atoms with van der Waals surface area (Å²) < 4.78 is 4.03. The summed E-state index contributed by atoms with van der Waals surface area (Å²) in [7, 11) is 2.31. The van der Waals surface area contributed by atoms with Gasteiger partial charge in [0.1, 0.15) is 0 Å². The van der Waals surface area contributed by atoms with E-state index in [1.54, 1.807) is 0 Å². The molecule has 0 aliphatic carbocycles. The molecule has 0 bridgehead atoms. The molecule has 2 nitrogen and oxygen atoms in total. The van der Waals surface area contributed by atoms with Crippen LogP contribution in [-0.2, 0) is 0 Å². The first-order chi connectivity index (χ1) is 5.22. The molecule has 0 atom stereocenters. The van der Waals surface area contributed by atoms with Crippen LogP contribution in [0.25, 0.3) is 0 Å². The summed E-state index contributed by atoms with van der Waals surface area (Å²) in [5.74, 6) is 0. The van der Waals surface area contributed by atoms with Crippen LogP contribution in [0.2, 0.25) is 0 Å². The minimum atomic E-state index is 0.0108. The normalized spacial score (nSPS) is 27.5. The van der Waals surface area contributed by atoms with Crippen LogP contribution in [-0.4, -0.2) is 51.8 Å². The molecule has 1 rings (SSSR count). The molecule has 0 aromatic carbocycles. The van der Waals surface area contributed by atoms with Crippen molar-refractivity contribution in [3.63, 3.8) is 0 Å². The Morgan fingerprint density at radius 2 is 2.00 bits per heavy atom. The van der Waals surface area contributed by atoms with Crippen LogP contribution in [0.15, 0.2) is 0 Å². The number of nitrogens with zero attached hydrogens (tertiary/aromatic N) is 2. The predicted octanol–water partition coefficient (Wildman–Crippen LogP) is 0.177. The highest BCUT2D eigenvalue weighted by atomic mass is 28.2. The van der Waals surface area contributed by atoms with Crippen LogP contribution in [0.4, 0.5) is 0 Å². The van der Waals surface area contributed by atoms with E-state index in [-0.39, 0.29) is 9.84 Å². The first kappa shape index (κ1) is 9.23. The molecule has 0 spiro atoms. The van der Waals surface area contributed by atoms with Gasteiger partial charge in [0.2, 0.25) is 0 Å². The summed E-state index contributed by atoms with van der Waals surface area (Å²) in [6.07, 6.45) is 1.41. The lowest BCUT2D eigenvalue weighted by Crippen LogP contribution is -2.60. The Hall–Kier alpha value is 0.137. The van der Waals surface area contributed by atoms with Crippen molar-refractivity contribution in [1.82, 2.24) is 4.57 Å². The Labute approximate surface area is 72.8 Å². The van der Waals surface area contributed by atoms with Crippen LogP contribution in [0.1, 0.15) is 20.3 Å². The molecule has 0 radical (unpaired) electrons. The monoisotopic (exact) mass is 173 g/mol. The van der Waals surface area contributed by atoms with E-state index in [9.17, 15) is 0 Å². The van der Waals surface area contributed by atoms with E-state index in [0.29, 0.717) is 0 Å². The van der Waals surface area contributed by atoms with Crippen LogP contribution in [0.3, 0.4) is 0 Å². The second-order valence-corrected chi connectivity index (χ2v) is 6.48. The van der Waals surface area contributed by atoms with Gasteiger partial charge >= 0.3 is 9.84 Å². The summed E-state index contributed by atoms with van der Waals surface area (Å²) in [6.45, 7) is 10.2. The fraction of sp³-hybridized carbons (Fsp3) is 1.00. The number of hydrogen-bond donors (Lipinski definition) is 0. The molecular formula is C8H21N2Si+. The molecule has 1 saturated heterocycles. The standard InChI is InChI=1S/C8H21N2Si/c1-4-10(5-2)8-6-7-9(3)11-10/h4-8,11H2,1-3H3/q+1. The van der Waals surface area contributed by atoms with E-state index in [0.717, 1.165) is 0 Å². The molecule has 1 aliphatic rings. The lowest BCUT2D eigenvalue weighted by atomic mass is 10.3. The Morgan fingerprint density at radius 3 is 2.36 bits per heavy atom. The Bertz CT molecular complexity index is 123. The quantitative estimate of drug-likeness (QED) is 0.538. The zero-order valence-electron chi connectivity index (χ0n) is 8.14. The van der Waals surface area contributed by atoms with Crippen LogP contribution in [0.5, 0.6) is 0 Å². The van der Waals surface area contributed by atoms with Crippen molar-refractivity contribution in [2.45, 2.75) is 20.3 Å². The van der Waals surface area contributed by atoms with E-state index >= 15 is 0 Å². The Morgan fingerprint density at radius 1 is 1.36 bits per heavy atom. The van der Waals surface area contributed by atoms with Gasteiger partial charge in [-0.25, -0.2) is 0 Å². The first-order valence-corrected chi connectivity index (χ1v) is 6.02. The highest BCUT2D eigenvalue weighted by Gasteiger charge is 2.29. The van der Waals surface area contributed by atoms with E-state index in [1.807, 2.05) is 0 Å². The number of hydrogen-bond acceptors (Lipinski definition) is 1. The SMILES string of the molecule is CC[N+]1(CC)CCCN(C)[SiH2]1. The van der Waals surface area contributed by atoms with Crippen molar-refractivity contribution < 1.29 is 4.15 Å². The molecule has 1 fully saturated rings. The van der Waals surface area contributed by atoms with Crippen molar-refractivity contribution in [1.29, 1.82) is 0 Å². The van der Waals surface area contributed by atoms with Gasteiger partial charge in [0, 0.05) is 13.0 Å². The van der Waals surface area contributed by atoms with Gasteiger partial charge in [-0.15, -0.1) is 0 Å².